The molecule has 0 amide bonds. The van der Waals surface area contributed by atoms with Crippen LogP contribution in [0.5, 0.6) is 0 Å². The maximum atomic E-state index is 11.6. The van der Waals surface area contributed by atoms with E-state index in [4.69, 9.17) is 9.47 Å². The summed E-state index contributed by atoms with van der Waals surface area (Å²) < 4.78 is 11.0. The van der Waals surface area contributed by atoms with E-state index in [1.165, 1.54) is 0 Å². The van der Waals surface area contributed by atoms with E-state index in [1.54, 1.807) is 21.1 Å². The molecule has 0 spiro atoms. The predicted molar refractivity (Wildman–Crippen MR) is 64.7 cm³/mol. The summed E-state index contributed by atoms with van der Waals surface area (Å²) >= 11 is 0. The minimum absolute atomic E-state index is 0.00250. The Balaban J connectivity index is 2.34. The summed E-state index contributed by atoms with van der Waals surface area (Å²) in [4.78, 5) is 11.6. The molecule has 2 unspecified atom stereocenters. The van der Waals surface area contributed by atoms with Crippen LogP contribution >= 0.6 is 0 Å². The van der Waals surface area contributed by atoms with Crippen molar-refractivity contribution in [3.63, 3.8) is 0 Å². The maximum Gasteiger partial charge on any atom is 0.175 e. The second-order valence-electron chi connectivity index (χ2n) is 4.53. The molecule has 1 aliphatic rings. The highest BCUT2D eigenvalue weighted by Crippen LogP contribution is 2.53. The Morgan fingerprint density at radius 3 is 2.29 bits per heavy atom. The van der Waals surface area contributed by atoms with Crippen LogP contribution in [0.2, 0.25) is 0 Å². The van der Waals surface area contributed by atoms with Crippen LogP contribution in [0.4, 0.5) is 0 Å². The number of methoxy groups -OCH3 is 2. The summed E-state index contributed by atoms with van der Waals surface area (Å²) in [6.07, 6.45) is 0.634. The Labute approximate surface area is 102 Å². The molecule has 17 heavy (non-hydrogen) atoms. The molecular weight excluding hydrogens is 216 g/mol. The number of carbonyl (C=O) groups is 1. The molecule has 2 atom stereocenters. The van der Waals surface area contributed by atoms with E-state index in [0.29, 0.717) is 6.42 Å². The van der Waals surface area contributed by atoms with Crippen LogP contribution in [0, 0.1) is 5.92 Å². The molecule has 92 valence electrons. The lowest BCUT2D eigenvalue weighted by Gasteiger charge is -2.52. The SMILES string of the molecule is COC1(OC)CC(C(C)=O)C1c1ccccc1. The quantitative estimate of drug-likeness (QED) is 0.750. The van der Waals surface area contributed by atoms with Crippen molar-refractivity contribution in [2.24, 2.45) is 5.92 Å². The molecule has 0 N–H and O–H groups in total. The highest BCUT2D eigenvalue weighted by Gasteiger charge is 2.57. The molecule has 1 aromatic carbocycles. The van der Waals surface area contributed by atoms with Gasteiger partial charge in [0.2, 0.25) is 0 Å². The van der Waals surface area contributed by atoms with E-state index in [-0.39, 0.29) is 17.6 Å². The van der Waals surface area contributed by atoms with Crippen molar-refractivity contribution in [3.05, 3.63) is 35.9 Å². The second-order valence-corrected chi connectivity index (χ2v) is 4.53. The van der Waals surface area contributed by atoms with Gasteiger partial charge in [0.25, 0.3) is 0 Å². The van der Waals surface area contributed by atoms with Crippen molar-refractivity contribution in [1.29, 1.82) is 0 Å². The summed E-state index contributed by atoms with van der Waals surface area (Å²) in [6, 6.07) is 9.95. The van der Waals surface area contributed by atoms with Gasteiger partial charge in [-0.25, -0.2) is 0 Å². The van der Waals surface area contributed by atoms with Crippen LogP contribution < -0.4 is 0 Å². The number of ketones is 1. The molecule has 0 heterocycles. The van der Waals surface area contributed by atoms with E-state index < -0.39 is 5.79 Å². The van der Waals surface area contributed by atoms with Crippen molar-refractivity contribution < 1.29 is 14.3 Å². The van der Waals surface area contributed by atoms with Gasteiger partial charge >= 0.3 is 0 Å². The molecule has 0 radical (unpaired) electrons. The molecule has 3 heteroatoms. The third kappa shape index (κ3) is 1.90. The topological polar surface area (TPSA) is 35.5 Å². The summed E-state index contributed by atoms with van der Waals surface area (Å²) in [5.41, 5.74) is 1.10. The molecular formula is C14H18O3. The van der Waals surface area contributed by atoms with Crippen molar-refractivity contribution in [1.82, 2.24) is 0 Å². The van der Waals surface area contributed by atoms with Crippen molar-refractivity contribution in [2.75, 3.05) is 14.2 Å². The first-order valence-corrected chi connectivity index (χ1v) is 5.80. The number of hydrogen-bond acceptors (Lipinski definition) is 3. The van der Waals surface area contributed by atoms with Gasteiger partial charge < -0.3 is 9.47 Å². The molecule has 1 fully saturated rings. The van der Waals surface area contributed by atoms with Crippen molar-refractivity contribution >= 4 is 5.78 Å². The molecule has 0 saturated heterocycles. The number of carbonyl (C=O) groups excluding carboxylic acids is 1. The number of benzene rings is 1. The van der Waals surface area contributed by atoms with Crippen LogP contribution in [-0.2, 0) is 14.3 Å². The molecule has 1 saturated carbocycles. The minimum atomic E-state index is -0.641. The van der Waals surface area contributed by atoms with E-state index in [1.807, 2.05) is 30.3 Å². The number of rotatable bonds is 4. The zero-order valence-electron chi connectivity index (χ0n) is 10.5. The van der Waals surface area contributed by atoms with Gasteiger partial charge in [0.1, 0.15) is 5.78 Å². The normalized spacial score (nSPS) is 26.3. The number of Topliss-reactive ketones (excluding diaryl/α,β-unsaturated/α-hetero) is 1. The van der Waals surface area contributed by atoms with E-state index in [2.05, 4.69) is 0 Å². The van der Waals surface area contributed by atoms with Crippen LogP contribution in [0.15, 0.2) is 30.3 Å². The van der Waals surface area contributed by atoms with E-state index in [9.17, 15) is 4.79 Å². The largest absolute Gasteiger partial charge is 0.353 e. The van der Waals surface area contributed by atoms with Crippen LogP contribution in [0.25, 0.3) is 0 Å². The zero-order chi connectivity index (χ0) is 12.5. The first kappa shape index (κ1) is 12.3. The molecule has 1 aromatic rings. The third-order valence-corrected chi connectivity index (χ3v) is 3.75. The Kier molecular flexibility index (Phi) is 3.31. The highest BCUT2D eigenvalue weighted by atomic mass is 16.7. The van der Waals surface area contributed by atoms with Gasteiger partial charge in [-0.1, -0.05) is 30.3 Å². The van der Waals surface area contributed by atoms with Gasteiger partial charge in [0.15, 0.2) is 5.79 Å². The number of ether oxygens (including phenoxy) is 2. The Bertz CT molecular complexity index is 395. The number of hydrogen-bond donors (Lipinski definition) is 0. The first-order chi connectivity index (χ1) is 8.14. The first-order valence-electron chi connectivity index (χ1n) is 5.80. The molecule has 0 aliphatic heterocycles. The standard InChI is InChI=1S/C14H18O3/c1-10(15)12-9-14(16-2,17-3)13(12)11-7-5-4-6-8-11/h4-8,12-13H,9H2,1-3H3. The smallest absolute Gasteiger partial charge is 0.175 e. The summed E-state index contributed by atoms with van der Waals surface area (Å²) in [7, 11) is 3.27. The Morgan fingerprint density at radius 2 is 1.82 bits per heavy atom. The Morgan fingerprint density at radius 1 is 1.24 bits per heavy atom. The lowest BCUT2D eigenvalue weighted by molar-refractivity contribution is -0.281. The predicted octanol–water partition coefficient (Wildman–Crippen LogP) is 2.37. The maximum absolute atomic E-state index is 11.6. The molecule has 2 rings (SSSR count). The lowest BCUT2D eigenvalue weighted by atomic mass is 9.63. The fraction of sp³-hybridized carbons (Fsp3) is 0.500. The van der Waals surface area contributed by atoms with Crippen molar-refractivity contribution in [3.8, 4) is 0 Å². The van der Waals surface area contributed by atoms with Crippen LogP contribution in [0.3, 0.4) is 0 Å². The van der Waals surface area contributed by atoms with Gasteiger partial charge in [0, 0.05) is 32.5 Å². The average Bonchev–Trinajstić information content (AvgIpc) is 2.30. The molecule has 0 aromatic heterocycles. The minimum Gasteiger partial charge on any atom is -0.353 e. The molecule has 3 nitrogen and oxygen atoms in total. The summed E-state index contributed by atoms with van der Waals surface area (Å²) in [5.74, 6) is -0.449. The molecule has 1 aliphatic carbocycles. The van der Waals surface area contributed by atoms with E-state index >= 15 is 0 Å². The van der Waals surface area contributed by atoms with Gasteiger partial charge in [0.05, 0.1) is 0 Å². The zero-order valence-corrected chi connectivity index (χ0v) is 10.5. The summed E-state index contributed by atoms with van der Waals surface area (Å²) in [5, 5.41) is 0. The lowest BCUT2D eigenvalue weighted by Crippen LogP contribution is -2.56. The average molecular weight is 234 g/mol. The highest BCUT2D eigenvalue weighted by molar-refractivity contribution is 5.81. The third-order valence-electron chi connectivity index (χ3n) is 3.75. The second kappa shape index (κ2) is 4.59. The van der Waals surface area contributed by atoms with Crippen LogP contribution in [-0.4, -0.2) is 25.8 Å². The van der Waals surface area contributed by atoms with Gasteiger partial charge in [-0.05, 0) is 12.5 Å². The Hall–Kier alpha value is -1.19. The monoisotopic (exact) mass is 234 g/mol. The van der Waals surface area contributed by atoms with Gasteiger partial charge in [-0.2, -0.15) is 0 Å². The van der Waals surface area contributed by atoms with Gasteiger partial charge in [-0.3, -0.25) is 4.79 Å². The summed E-state index contributed by atoms with van der Waals surface area (Å²) in [6.45, 7) is 1.63. The van der Waals surface area contributed by atoms with Crippen molar-refractivity contribution in [2.45, 2.75) is 25.0 Å². The van der Waals surface area contributed by atoms with E-state index in [0.717, 1.165) is 5.56 Å². The van der Waals surface area contributed by atoms with Gasteiger partial charge in [-0.15, -0.1) is 0 Å². The fourth-order valence-electron chi connectivity index (χ4n) is 2.73. The fourth-order valence-corrected chi connectivity index (χ4v) is 2.73. The molecule has 0 bridgehead atoms. The van der Waals surface area contributed by atoms with Crippen LogP contribution in [0.1, 0.15) is 24.8 Å².